The molecule has 0 amide bonds. The molecule has 0 saturated heterocycles. The molecule has 8 heteroatoms. The standard InChI is InChI=1S/C13H12F3N3O.ClH/c1-17-10-6-20-11-4-8(2-3-9(10)11)19-5-12(18-7-19)13(14,15)16;/h2-5,7,10,17H,6H2,1H3;1H. The van der Waals surface area contributed by atoms with E-state index in [1.807, 2.05) is 13.1 Å². The Bertz CT molecular complexity index is 642. The molecule has 0 saturated carbocycles. The Balaban J connectivity index is 0.00000161. The lowest BCUT2D eigenvalue weighted by Gasteiger charge is -2.07. The van der Waals surface area contributed by atoms with Gasteiger partial charge in [-0.3, -0.25) is 0 Å². The van der Waals surface area contributed by atoms with E-state index >= 15 is 0 Å². The molecule has 0 bridgehead atoms. The van der Waals surface area contributed by atoms with Crippen molar-refractivity contribution >= 4 is 12.4 Å². The highest BCUT2D eigenvalue weighted by molar-refractivity contribution is 5.85. The third kappa shape index (κ3) is 2.84. The Morgan fingerprint density at radius 1 is 1.38 bits per heavy atom. The molecule has 4 nitrogen and oxygen atoms in total. The topological polar surface area (TPSA) is 39.1 Å². The van der Waals surface area contributed by atoms with Gasteiger partial charge < -0.3 is 14.6 Å². The van der Waals surface area contributed by atoms with Gasteiger partial charge in [0.2, 0.25) is 0 Å². The van der Waals surface area contributed by atoms with Gasteiger partial charge in [-0.2, -0.15) is 13.2 Å². The van der Waals surface area contributed by atoms with Crippen molar-refractivity contribution in [1.29, 1.82) is 0 Å². The fraction of sp³-hybridized carbons (Fsp3) is 0.308. The van der Waals surface area contributed by atoms with Crippen LogP contribution in [-0.2, 0) is 6.18 Å². The molecule has 114 valence electrons. The summed E-state index contributed by atoms with van der Waals surface area (Å²) in [6, 6.07) is 5.44. The number of benzene rings is 1. The molecule has 2 aromatic rings. The number of rotatable bonds is 2. The summed E-state index contributed by atoms with van der Waals surface area (Å²) in [7, 11) is 1.84. The van der Waals surface area contributed by atoms with Crippen molar-refractivity contribution in [1.82, 2.24) is 14.9 Å². The monoisotopic (exact) mass is 319 g/mol. The maximum Gasteiger partial charge on any atom is 0.434 e. The maximum absolute atomic E-state index is 12.5. The SMILES string of the molecule is CNC1COc2cc(-n3cnc(C(F)(F)F)c3)ccc21.Cl. The number of nitrogens with zero attached hydrogens (tertiary/aromatic N) is 2. The Labute approximate surface area is 125 Å². The number of fused-ring (bicyclic) bond motifs is 1. The van der Waals surface area contributed by atoms with Crippen LogP contribution >= 0.6 is 12.4 Å². The molecule has 1 N–H and O–H groups in total. The summed E-state index contributed by atoms with van der Waals surface area (Å²) in [6.45, 7) is 0.521. The highest BCUT2D eigenvalue weighted by Gasteiger charge is 2.33. The van der Waals surface area contributed by atoms with Crippen LogP contribution in [0.4, 0.5) is 13.2 Å². The van der Waals surface area contributed by atoms with Gasteiger partial charge in [0.05, 0.1) is 18.1 Å². The molecule has 1 aromatic heterocycles. The summed E-state index contributed by atoms with van der Waals surface area (Å²) in [5.74, 6) is 0.684. The van der Waals surface area contributed by atoms with E-state index in [1.165, 1.54) is 4.57 Å². The van der Waals surface area contributed by atoms with Crippen molar-refractivity contribution in [3.05, 3.63) is 42.0 Å². The van der Waals surface area contributed by atoms with Crippen LogP contribution in [-0.4, -0.2) is 23.2 Å². The minimum absolute atomic E-state index is 0. The third-order valence-corrected chi connectivity index (χ3v) is 3.30. The molecule has 1 atom stereocenters. The van der Waals surface area contributed by atoms with E-state index in [4.69, 9.17) is 4.74 Å². The molecule has 1 aliphatic heterocycles. The Kier molecular flexibility index (Phi) is 4.15. The van der Waals surface area contributed by atoms with E-state index in [2.05, 4.69) is 10.3 Å². The smallest absolute Gasteiger partial charge is 0.434 e. The van der Waals surface area contributed by atoms with Crippen molar-refractivity contribution in [2.24, 2.45) is 0 Å². The van der Waals surface area contributed by atoms with Crippen LogP contribution in [0.5, 0.6) is 5.75 Å². The molecular formula is C13H13ClF3N3O. The van der Waals surface area contributed by atoms with E-state index in [1.54, 1.807) is 12.1 Å². The van der Waals surface area contributed by atoms with Crippen LogP contribution in [0.3, 0.4) is 0 Å². The molecular weight excluding hydrogens is 307 g/mol. The number of alkyl halides is 3. The second-order valence-electron chi connectivity index (χ2n) is 4.54. The van der Waals surface area contributed by atoms with Gasteiger partial charge in [-0.1, -0.05) is 6.07 Å². The molecule has 1 unspecified atom stereocenters. The quantitative estimate of drug-likeness (QED) is 0.925. The van der Waals surface area contributed by atoms with Gasteiger partial charge >= 0.3 is 6.18 Å². The van der Waals surface area contributed by atoms with E-state index in [-0.39, 0.29) is 18.4 Å². The lowest BCUT2D eigenvalue weighted by Crippen LogP contribution is -2.17. The molecule has 2 heterocycles. The Morgan fingerprint density at radius 2 is 2.14 bits per heavy atom. The highest BCUT2D eigenvalue weighted by Crippen LogP contribution is 2.34. The molecule has 1 aliphatic rings. The molecule has 0 spiro atoms. The van der Waals surface area contributed by atoms with Crippen molar-refractivity contribution < 1.29 is 17.9 Å². The minimum Gasteiger partial charge on any atom is -0.491 e. The average molecular weight is 320 g/mol. The van der Waals surface area contributed by atoms with E-state index < -0.39 is 11.9 Å². The molecule has 0 aliphatic carbocycles. The molecule has 21 heavy (non-hydrogen) atoms. The summed E-state index contributed by atoms with van der Waals surface area (Å²) >= 11 is 0. The van der Waals surface area contributed by atoms with E-state index in [0.29, 0.717) is 18.0 Å². The van der Waals surface area contributed by atoms with Gasteiger partial charge in [0, 0.05) is 17.8 Å². The highest BCUT2D eigenvalue weighted by atomic mass is 35.5. The lowest BCUT2D eigenvalue weighted by molar-refractivity contribution is -0.140. The number of likely N-dealkylation sites (N-methyl/N-ethyl adjacent to an activating group) is 1. The normalized spacial score (nSPS) is 17.0. The van der Waals surface area contributed by atoms with Gasteiger partial charge in [-0.05, 0) is 13.1 Å². The number of halogens is 4. The van der Waals surface area contributed by atoms with Crippen LogP contribution in [0.1, 0.15) is 17.3 Å². The van der Waals surface area contributed by atoms with Gasteiger partial charge in [0.15, 0.2) is 5.69 Å². The van der Waals surface area contributed by atoms with Crippen molar-refractivity contribution in [2.75, 3.05) is 13.7 Å². The second kappa shape index (κ2) is 5.57. The first-order valence-corrected chi connectivity index (χ1v) is 6.04. The zero-order valence-electron chi connectivity index (χ0n) is 11.0. The Hall–Kier alpha value is -1.73. The van der Waals surface area contributed by atoms with Gasteiger partial charge in [0.25, 0.3) is 0 Å². The summed E-state index contributed by atoms with van der Waals surface area (Å²) in [4.78, 5) is 3.37. The third-order valence-electron chi connectivity index (χ3n) is 3.30. The molecule has 0 radical (unpaired) electrons. The first kappa shape index (κ1) is 15.7. The lowest BCUT2D eigenvalue weighted by atomic mass is 10.1. The van der Waals surface area contributed by atoms with Gasteiger partial charge in [-0.25, -0.2) is 4.98 Å². The van der Waals surface area contributed by atoms with Crippen molar-refractivity contribution in [3.8, 4) is 11.4 Å². The first-order valence-electron chi connectivity index (χ1n) is 6.04. The van der Waals surface area contributed by atoms with Crippen LogP contribution in [0.15, 0.2) is 30.7 Å². The number of aromatic nitrogens is 2. The zero-order chi connectivity index (χ0) is 14.3. The van der Waals surface area contributed by atoms with Crippen molar-refractivity contribution in [2.45, 2.75) is 12.2 Å². The van der Waals surface area contributed by atoms with Gasteiger partial charge in [0.1, 0.15) is 12.4 Å². The summed E-state index contributed by atoms with van der Waals surface area (Å²) in [6.07, 6.45) is -2.32. The minimum atomic E-state index is -4.43. The summed E-state index contributed by atoms with van der Waals surface area (Å²) < 4.78 is 44.4. The van der Waals surface area contributed by atoms with Crippen LogP contribution in [0.25, 0.3) is 5.69 Å². The fourth-order valence-electron chi connectivity index (χ4n) is 2.21. The zero-order valence-corrected chi connectivity index (χ0v) is 11.8. The first-order chi connectivity index (χ1) is 9.49. The van der Waals surface area contributed by atoms with Crippen molar-refractivity contribution in [3.63, 3.8) is 0 Å². The maximum atomic E-state index is 12.5. The average Bonchev–Trinajstić information content (AvgIpc) is 3.04. The fourth-order valence-corrected chi connectivity index (χ4v) is 2.21. The summed E-state index contributed by atoms with van der Waals surface area (Å²) in [5, 5.41) is 3.11. The Morgan fingerprint density at radius 3 is 2.76 bits per heavy atom. The predicted octanol–water partition coefficient (Wildman–Crippen LogP) is 2.97. The van der Waals surface area contributed by atoms with Crippen LogP contribution in [0.2, 0.25) is 0 Å². The van der Waals surface area contributed by atoms with E-state index in [9.17, 15) is 13.2 Å². The number of hydrogen-bond acceptors (Lipinski definition) is 3. The molecule has 3 rings (SSSR count). The number of hydrogen-bond donors (Lipinski definition) is 1. The molecule has 0 fully saturated rings. The predicted molar refractivity (Wildman–Crippen MR) is 73.1 cm³/mol. The van der Waals surface area contributed by atoms with Gasteiger partial charge in [-0.15, -0.1) is 12.4 Å². The molecule has 1 aromatic carbocycles. The van der Waals surface area contributed by atoms with E-state index in [0.717, 1.165) is 18.1 Å². The second-order valence-corrected chi connectivity index (χ2v) is 4.54. The summed E-state index contributed by atoms with van der Waals surface area (Å²) in [5.41, 5.74) is 0.683. The largest absolute Gasteiger partial charge is 0.491 e. The number of nitrogens with one attached hydrogen (secondary N) is 1. The number of imidazole rings is 1. The van der Waals surface area contributed by atoms with Crippen LogP contribution in [0, 0.1) is 0 Å². The van der Waals surface area contributed by atoms with Crippen LogP contribution < -0.4 is 10.1 Å². The number of ether oxygens (including phenoxy) is 1.